The van der Waals surface area contributed by atoms with Crippen molar-refractivity contribution < 1.29 is 9.53 Å². The molecule has 1 aromatic rings. The second kappa shape index (κ2) is 4.71. The molecular formula is C12H16O2S. The Balaban J connectivity index is 2.98. The van der Waals surface area contributed by atoms with E-state index in [1.807, 2.05) is 32.0 Å². The summed E-state index contributed by atoms with van der Waals surface area (Å²) in [6.07, 6.45) is 0. The molecule has 0 saturated carbocycles. The van der Waals surface area contributed by atoms with Gasteiger partial charge in [-0.25, -0.2) is 4.79 Å². The summed E-state index contributed by atoms with van der Waals surface area (Å²) < 4.78 is 4.68. The third kappa shape index (κ3) is 3.27. The van der Waals surface area contributed by atoms with Crippen molar-refractivity contribution in [2.24, 2.45) is 0 Å². The monoisotopic (exact) mass is 224 g/mol. The fraction of sp³-hybridized carbons (Fsp3) is 0.417. The highest BCUT2D eigenvalue weighted by Gasteiger charge is 2.16. The van der Waals surface area contributed by atoms with E-state index in [1.165, 1.54) is 0 Å². The number of carbonyl (C=O) groups is 1. The van der Waals surface area contributed by atoms with Crippen LogP contribution in [0.2, 0.25) is 0 Å². The van der Waals surface area contributed by atoms with Crippen LogP contribution in [-0.4, -0.2) is 12.6 Å². The van der Waals surface area contributed by atoms with Gasteiger partial charge in [0.25, 0.3) is 0 Å². The zero-order chi connectivity index (χ0) is 11.5. The predicted octanol–water partition coefficient (Wildman–Crippen LogP) is 3.03. The van der Waals surface area contributed by atoms with Crippen LogP contribution in [0.15, 0.2) is 24.3 Å². The van der Waals surface area contributed by atoms with Crippen LogP contribution in [0.1, 0.15) is 36.7 Å². The molecule has 82 valence electrons. The first-order valence-corrected chi connectivity index (χ1v) is 5.40. The average molecular weight is 224 g/mol. The van der Waals surface area contributed by atoms with Gasteiger partial charge < -0.3 is 4.74 Å². The normalized spacial score (nSPS) is 11.2. The van der Waals surface area contributed by atoms with Gasteiger partial charge in [-0.05, 0) is 38.5 Å². The lowest BCUT2D eigenvalue weighted by molar-refractivity contribution is 0.0526. The van der Waals surface area contributed by atoms with Crippen LogP contribution in [-0.2, 0) is 9.48 Å². The summed E-state index contributed by atoms with van der Waals surface area (Å²) in [6.45, 7) is 6.17. The summed E-state index contributed by atoms with van der Waals surface area (Å²) in [5.41, 5.74) is 1.59. The highest BCUT2D eigenvalue weighted by atomic mass is 32.1. The minimum absolute atomic E-state index is 0.248. The lowest BCUT2D eigenvalue weighted by Crippen LogP contribution is -2.10. The zero-order valence-electron chi connectivity index (χ0n) is 9.28. The van der Waals surface area contributed by atoms with Gasteiger partial charge in [-0.1, -0.05) is 12.1 Å². The first kappa shape index (κ1) is 12.1. The molecule has 1 aromatic carbocycles. The van der Waals surface area contributed by atoms with Crippen LogP contribution in [0.5, 0.6) is 0 Å². The fourth-order valence-electron chi connectivity index (χ4n) is 1.24. The molecule has 0 aliphatic carbocycles. The molecule has 0 saturated heterocycles. The second-order valence-corrected chi connectivity index (χ2v) is 4.98. The number of carbonyl (C=O) groups excluding carboxylic acids is 1. The Bertz CT molecular complexity index is 353. The number of hydrogen-bond acceptors (Lipinski definition) is 3. The molecule has 15 heavy (non-hydrogen) atoms. The largest absolute Gasteiger partial charge is 0.462 e. The molecule has 0 radical (unpaired) electrons. The van der Waals surface area contributed by atoms with E-state index in [-0.39, 0.29) is 10.7 Å². The molecule has 0 aliphatic rings. The smallest absolute Gasteiger partial charge is 0.338 e. The SMILES string of the molecule is CCOC(=O)c1cccc(C(C)(C)S)c1. The van der Waals surface area contributed by atoms with E-state index < -0.39 is 0 Å². The van der Waals surface area contributed by atoms with Gasteiger partial charge in [0.2, 0.25) is 0 Å². The molecule has 0 unspecified atom stereocenters. The Morgan fingerprint density at radius 1 is 1.47 bits per heavy atom. The molecule has 0 fully saturated rings. The molecule has 3 heteroatoms. The molecule has 0 amide bonds. The zero-order valence-corrected chi connectivity index (χ0v) is 10.2. The van der Waals surface area contributed by atoms with E-state index in [0.29, 0.717) is 12.2 Å². The molecule has 0 atom stereocenters. The average Bonchev–Trinajstić information content (AvgIpc) is 2.17. The lowest BCUT2D eigenvalue weighted by Gasteiger charge is -2.18. The number of thiol groups is 1. The van der Waals surface area contributed by atoms with Crippen molar-refractivity contribution in [3.05, 3.63) is 35.4 Å². The topological polar surface area (TPSA) is 26.3 Å². The number of esters is 1. The number of benzene rings is 1. The van der Waals surface area contributed by atoms with Crippen LogP contribution >= 0.6 is 12.6 Å². The first-order valence-electron chi connectivity index (χ1n) is 4.95. The van der Waals surface area contributed by atoms with Crippen LogP contribution in [0.25, 0.3) is 0 Å². The Kier molecular flexibility index (Phi) is 3.80. The maximum absolute atomic E-state index is 11.5. The van der Waals surface area contributed by atoms with Gasteiger partial charge in [0, 0.05) is 4.75 Å². The van der Waals surface area contributed by atoms with Crippen molar-refractivity contribution >= 4 is 18.6 Å². The van der Waals surface area contributed by atoms with Crippen molar-refractivity contribution in [3.8, 4) is 0 Å². The maximum Gasteiger partial charge on any atom is 0.338 e. The van der Waals surface area contributed by atoms with E-state index >= 15 is 0 Å². The van der Waals surface area contributed by atoms with Gasteiger partial charge in [0.15, 0.2) is 0 Å². The molecule has 0 N–H and O–H groups in total. The van der Waals surface area contributed by atoms with Crippen molar-refractivity contribution in [1.82, 2.24) is 0 Å². The molecule has 0 heterocycles. The molecule has 2 nitrogen and oxygen atoms in total. The molecule has 0 aromatic heterocycles. The van der Waals surface area contributed by atoms with Crippen LogP contribution < -0.4 is 0 Å². The van der Waals surface area contributed by atoms with Gasteiger partial charge in [-0.15, -0.1) is 0 Å². The Labute approximate surface area is 96.1 Å². The molecular weight excluding hydrogens is 208 g/mol. The van der Waals surface area contributed by atoms with Crippen molar-refractivity contribution in [2.45, 2.75) is 25.5 Å². The van der Waals surface area contributed by atoms with Crippen molar-refractivity contribution in [2.75, 3.05) is 6.61 Å². The van der Waals surface area contributed by atoms with E-state index in [1.54, 1.807) is 13.0 Å². The maximum atomic E-state index is 11.5. The molecule has 0 bridgehead atoms. The molecule has 1 rings (SSSR count). The number of ether oxygens (including phenoxy) is 1. The summed E-state index contributed by atoms with van der Waals surface area (Å²) in [5.74, 6) is -0.281. The van der Waals surface area contributed by atoms with E-state index in [0.717, 1.165) is 5.56 Å². The van der Waals surface area contributed by atoms with Gasteiger partial charge in [0.1, 0.15) is 0 Å². The minimum Gasteiger partial charge on any atom is -0.462 e. The predicted molar refractivity (Wildman–Crippen MR) is 64.4 cm³/mol. The summed E-state index contributed by atoms with van der Waals surface area (Å²) in [7, 11) is 0. The summed E-state index contributed by atoms with van der Waals surface area (Å²) in [6, 6.07) is 7.38. The fourth-order valence-corrected chi connectivity index (χ4v) is 1.38. The van der Waals surface area contributed by atoms with Crippen LogP contribution in [0, 0.1) is 0 Å². The van der Waals surface area contributed by atoms with E-state index in [2.05, 4.69) is 12.6 Å². The van der Waals surface area contributed by atoms with Gasteiger partial charge in [-0.2, -0.15) is 12.6 Å². The highest BCUT2D eigenvalue weighted by Crippen LogP contribution is 2.27. The highest BCUT2D eigenvalue weighted by molar-refractivity contribution is 7.81. The summed E-state index contributed by atoms with van der Waals surface area (Å²) in [5, 5.41) is 0. The Hall–Kier alpha value is -0.960. The number of rotatable bonds is 3. The first-order chi connectivity index (χ1) is 6.95. The minimum atomic E-state index is -0.281. The third-order valence-electron chi connectivity index (χ3n) is 2.08. The standard InChI is InChI=1S/C12H16O2S/c1-4-14-11(13)9-6-5-7-10(8-9)12(2,3)15/h5-8,15H,4H2,1-3H3. The van der Waals surface area contributed by atoms with Crippen LogP contribution in [0.3, 0.4) is 0 Å². The van der Waals surface area contributed by atoms with Crippen molar-refractivity contribution in [1.29, 1.82) is 0 Å². The quantitative estimate of drug-likeness (QED) is 0.631. The number of hydrogen-bond donors (Lipinski definition) is 1. The Morgan fingerprint density at radius 3 is 2.67 bits per heavy atom. The summed E-state index contributed by atoms with van der Waals surface area (Å²) >= 11 is 4.46. The molecule has 0 aliphatic heterocycles. The Morgan fingerprint density at radius 2 is 2.13 bits per heavy atom. The van der Waals surface area contributed by atoms with Gasteiger partial charge >= 0.3 is 5.97 Å². The second-order valence-electron chi connectivity index (χ2n) is 3.86. The van der Waals surface area contributed by atoms with Crippen LogP contribution in [0.4, 0.5) is 0 Å². The van der Waals surface area contributed by atoms with Gasteiger partial charge in [0.05, 0.1) is 12.2 Å². The van der Waals surface area contributed by atoms with E-state index in [4.69, 9.17) is 4.74 Å². The van der Waals surface area contributed by atoms with E-state index in [9.17, 15) is 4.79 Å². The van der Waals surface area contributed by atoms with Crippen molar-refractivity contribution in [3.63, 3.8) is 0 Å². The third-order valence-corrected chi connectivity index (χ3v) is 2.34. The van der Waals surface area contributed by atoms with Gasteiger partial charge in [-0.3, -0.25) is 0 Å². The molecule has 0 spiro atoms. The summed E-state index contributed by atoms with van der Waals surface area (Å²) in [4.78, 5) is 11.5. The lowest BCUT2D eigenvalue weighted by atomic mass is 10.00.